The number of hydrogen-bond acceptors (Lipinski definition) is 5. The fourth-order valence-electron chi connectivity index (χ4n) is 3.51. The van der Waals surface area contributed by atoms with Gasteiger partial charge in [0.2, 0.25) is 0 Å². The molecule has 3 N–H and O–H groups in total. The molecule has 0 saturated carbocycles. The summed E-state index contributed by atoms with van der Waals surface area (Å²) >= 11 is 0. The number of nitrogens with one attached hydrogen (secondary N) is 1. The lowest BCUT2D eigenvalue weighted by atomic mass is 10.1. The smallest absolute Gasteiger partial charge is 0.330 e. The third-order valence-electron chi connectivity index (χ3n) is 5.40. The lowest BCUT2D eigenvalue weighted by Gasteiger charge is -2.25. The molecule has 3 aromatic rings. The molecule has 0 saturated heterocycles. The van der Waals surface area contributed by atoms with Crippen molar-refractivity contribution < 1.29 is 9.53 Å². The molecule has 3 rings (SSSR count). The zero-order valence-corrected chi connectivity index (χ0v) is 19.3. The minimum Gasteiger partial charge on any atom is -0.483 e. The van der Waals surface area contributed by atoms with Crippen molar-refractivity contribution in [3.8, 4) is 5.75 Å². The first-order valence-corrected chi connectivity index (χ1v) is 11.0. The van der Waals surface area contributed by atoms with E-state index in [1.807, 2.05) is 69.3 Å². The third-order valence-corrected chi connectivity index (χ3v) is 5.40. The van der Waals surface area contributed by atoms with E-state index in [9.17, 15) is 14.4 Å². The lowest BCUT2D eigenvalue weighted by molar-refractivity contribution is -0.120. The minimum atomic E-state index is -0.707. The second-order valence-corrected chi connectivity index (χ2v) is 8.02. The van der Waals surface area contributed by atoms with Crippen molar-refractivity contribution in [2.45, 2.75) is 46.7 Å². The number of carbonyl (C=O) groups is 1. The van der Waals surface area contributed by atoms with Gasteiger partial charge in [-0.15, -0.1) is 0 Å². The Bertz CT molecular complexity index is 1230. The van der Waals surface area contributed by atoms with Crippen LogP contribution in [0.15, 0.2) is 58.1 Å². The van der Waals surface area contributed by atoms with Crippen LogP contribution in [-0.4, -0.2) is 22.1 Å². The highest BCUT2D eigenvalue weighted by Gasteiger charge is 2.25. The van der Waals surface area contributed by atoms with E-state index in [1.165, 1.54) is 9.47 Å². The molecule has 0 atom stereocenters. The number of ether oxygens (including phenoxy) is 1. The molecular formula is C25H30N4O4. The Morgan fingerprint density at radius 1 is 1.12 bits per heavy atom. The Balaban J connectivity index is 1.99. The van der Waals surface area contributed by atoms with Crippen LogP contribution in [0.3, 0.4) is 0 Å². The molecule has 8 heteroatoms. The van der Waals surface area contributed by atoms with E-state index in [1.54, 1.807) is 0 Å². The van der Waals surface area contributed by atoms with Crippen LogP contribution in [0.25, 0.3) is 0 Å². The number of aromatic amines is 1. The summed E-state index contributed by atoms with van der Waals surface area (Å²) in [4.78, 5) is 42.1. The van der Waals surface area contributed by atoms with E-state index in [0.29, 0.717) is 18.7 Å². The van der Waals surface area contributed by atoms with Gasteiger partial charge in [-0.25, -0.2) is 4.79 Å². The highest BCUT2D eigenvalue weighted by atomic mass is 16.5. The number of aryl methyl sites for hydroxylation is 2. The van der Waals surface area contributed by atoms with Gasteiger partial charge in [0.05, 0.1) is 6.54 Å². The topological polar surface area (TPSA) is 110 Å². The first kappa shape index (κ1) is 23.8. The summed E-state index contributed by atoms with van der Waals surface area (Å²) in [5, 5.41) is 0. The van der Waals surface area contributed by atoms with E-state index >= 15 is 0 Å². The van der Waals surface area contributed by atoms with Crippen LogP contribution >= 0.6 is 0 Å². The number of H-pyrrole nitrogens is 1. The number of benzene rings is 2. The summed E-state index contributed by atoms with van der Waals surface area (Å²) < 4.78 is 7.11. The Kier molecular flexibility index (Phi) is 7.71. The molecular weight excluding hydrogens is 420 g/mol. The van der Waals surface area contributed by atoms with Crippen LogP contribution in [0.1, 0.15) is 36.5 Å². The number of rotatable bonds is 9. The standard InChI is InChI=1S/C25H30N4O4/c1-4-5-13-28-23(26)22(24(31)27-25(28)32)29(15-19-9-7-6-8-10-19)21(30)16-33-20-14-17(2)11-12-18(20)3/h6-12,14H,4-5,13,15-16,26H2,1-3H3,(H,27,31,32). The molecule has 0 radical (unpaired) electrons. The third kappa shape index (κ3) is 5.71. The van der Waals surface area contributed by atoms with Gasteiger partial charge in [0, 0.05) is 6.54 Å². The van der Waals surface area contributed by atoms with E-state index < -0.39 is 17.2 Å². The molecule has 33 heavy (non-hydrogen) atoms. The number of nitrogens with two attached hydrogens (primary N) is 1. The van der Waals surface area contributed by atoms with Crippen LogP contribution in [-0.2, 0) is 17.9 Å². The van der Waals surface area contributed by atoms with E-state index in [2.05, 4.69) is 4.98 Å². The van der Waals surface area contributed by atoms with E-state index in [4.69, 9.17) is 10.5 Å². The van der Waals surface area contributed by atoms with Crippen LogP contribution in [0.5, 0.6) is 5.75 Å². The number of unbranched alkanes of at least 4 members (excludes halogenated alkanes) is 1. The number of hydrogen-bond donors (Lipinski definition) is 2. The lowest BCUT2D eigenvalue weighted by Crippen LogP contribution is -2.42. The number of anilines is 2. The van der Waals surface area contributed by atoms with Gasteiger partial charge in [-0.1, -0.05) is 55.8 Å². The van der Waals surface area contributed by atoms with Gasteiger partial charge < -0.3 is 10.5 Å². The molecule has 1 heterocycles. The van der Waals surface area contributed by atoms with E-state index in [0.717, 1.165) is 23.1 Å². The second-order valence-electron chi connectivity index (χ2n) is 8.02. The van der Waals surface area contributed by atoms with E-state index in [-0.39, 0.29) is 24.7 Å². The Labute approximate surface area is 192 Å². The molecule has 2 aromatic carbocycles. The number of carbonyl (C=O) groups excluding carboxylic acids is 1. The summed E-state index contributed by atoms with van der Waals surface area (Å²) in [5.41, 5.74) is 7.64. The van der Waals surface area contributed by atoms with Gasteiger partial charge in [0.15, 0.2) is 12.3 Å². The van der Waals surface area contributed by atoms with Crippen molar-refractivity contribution in [1.82, 2.24) is 9.55 Å². The molecule has 0 fully saturated rings. The van der Waals surface area contributed by atoms with Crippen LogP contribution < -0.4 is 26.6 Å². The van der Waals surface area contributed by atoms with Crippen molar-refractivity contribution in [3.05, 3.63) is 86.1 Å². The Morgan fingerprint density at radius 3 is 2.55 bits per heavy atom. The molecule has 1 amide bonds. The summed E-state index contributed by atoms with van der Waals surface area (Å²) in [6.45, 7) is 5.99. The van der Waals surface area contributed by atoms with Gasteiger partial charge >= 0.3 is 5.69 Å². The van der Waals surface area contributed by atoms with Crippen molar-refractivity contribution in [3.63, 3.8) is 0 Å². The molecule has 1 aromatic heterocycles. The summed E-state index contributed by atoms with van der Waals surface area (Å²) in [5.74, 6) is 0.115. The predicted octanol–water partition coefficient (Wildman–Crippen LogP) is 3.15. The summed E-state index contributed by atoms with van der Waals surface area (Å²) in [6.07, 6.45) is 1.55. The average Bonchev–Trinajstić information content (AvgIpc) is 2.79. The first-order valence-electron chi connectivity index (χ1n) is 11.0. The summed E-state index contributed by atoms with van der Waals surface area (Å²) in [7, 11) is 0. The molecule has 0 aliphatic carbocycles. The van der Waals surface area contributed by atoms with Gasteiger partial charge in [0.1, 0.15) is 11.6 Å². The molecule has 0 unspecified atom stereocenters. The van der Waals surface area contributed by atoms with Crippen molar-refractivity contribution >= 4 is 17.4 Å². The zero-order valence-electron chi connectivity index (χ0n) is 19.3. The predicted molar refractivity (Wildman–Crippen MR) is 130 cm³/mol. The number of aromatic nitrogens is 2. The molecule has 0 aliphatic rings. The second kappa shape index (κ2) is 10.7. The van der Waals surface area contributed by atoms with Crippen molar-refractivity contribution in [1.29, 1.82) is 0 Å². The van der Waals surface area contributed by atoms with Crippen LogP contribution in [0.2, 0.25) is 0 Å². The molecule has 0 aliphatic heterocycles. The van der Waals surface area contributed by atoms with Gasteiger partial charge in [0.25, 0.3) is 11.5 Å². The van der Waals surface area contributed by atoms with Crippen LogP contribution in [0.4, 0.5) is 11.5 Å². The fraction of sp³-hybridized carbons (Fsp3) is 0.320. The minimum absolute atomic E-state index is 0.0341. The normalized spacial score (nSPS) is 10.8. The molecule has 174 valence electrons. The largest absolute Gasteiger partial charge is 0.483 e. The van der Waals surface area contributed by atoms with Crippen molar-refractivity contribution in [2.24, 2.45) is 0 Å². The average molecular weight is 451 g/mol. The van der Waals surface area contributed by atoms with Crippen LogP contribution in [0, 0.1) is 13.8 Å². The Hall–Kier alpha value is -3.81. The Morgan fingerprint density at radius 2 is 1.85 bits per heavy atom. The maximum Gasteiger partial charge on any atom is 0.330 e. The zero-order chi connectivity index (χ0) is 24.0. The highest BCUT2D eigenvalue weighted by molar-refractivity contribution is 5.96. The monoisotopic (exact) mass is 450 g/mol. The SMILES string of the molecule is CCCCn1c(N)c(N(Cc2ccccc2)C(=O)COc2cc(C)ccc2C)c(=O)[nH]c1=O. The number of nitrogens with zero attached hydrogens (tertiary/aromatic N) is 2. The molecule has 0 bridgehead atoms. The van der Waals surface area contributed by atoms with Crippen molar-refractivity contribution in [2.75, 3.05) is 17.2 Å². The molecule has 0 spiro atoms. The maximum atomic E-state index is 13.3. The van der Waals surface area contributed by atoms with Gasteiger partial charge in [-0.05, 0) is 43.0 Å². The molecule has 8 nitrogen and oxygen atoms in total. The van der Waals surface area contributed by atoms with Gasteiger partial charge in [-0.2, -0.15) is 0 Å². The highest BCUT2D eigenvalue weighted by Crippen LogP contribution is 2.22. The fourth-order valence-corrected chi connectivity index (χ4v) is 3.51. The quantitative estimate of drug-likeness (QED) is 0.520. The summed E-state index contributed by atoms with van der Waals surface area (Å²) in [6, 6.07) is 15.0. The first-order chi connectivity index (χ1) is 15.8. The maximum absolute atomic E-state index is 13.3. The number of amides is 1. The number of nitrogen functional groups attached to an aromatic ring is 1. The van der Waals surface area contributed by atoms with Gasteiger partial charge in [-0.3, -0.25) is 24.0 Å².